The zero-order chi connectivity index (χ0) is 18.0. The van der Waals surface area contributed by atoms with E-state index in [0.29, 0.717) is 49.1 Å². The van der Waals surface area contributed by atoms with Gasteiger partial charge in [-0.2, -0.15) is 4.31 Å². The average Bonchev–Trinajstić information content (AvgIpc) is 2.95. The standard InChI is InChI=1S/C15H21N5O4S/c1-10-13(11(2)24-19-10)25(21,22)20-8-4-12(5-9-20)18-14-15(23-3)17-7-6-16-14/h6-7,12H,4-5,8-9H2,1-3H3,(H,16,18). The molecule has 0 unspecified atom stereocenters. The number of aromatic nitrogens is 3. The number of rotatable bonds is 5. The van der Waals surface area contributed by atoms with Crippen molar-refractivity contribution < 1.29 is 17.7 Å². The summed E-state index contributed by atoms with van der Waals surface area (Å²) in [5, 5.41) is 7.02. The lowest BCUT2D eigenvalue weighted by Crippen LogP contribution is -2.42. The van der Waals surface area contributed by atoms with Crippen LogP contribution in [0.5, 0.6) is 5.88 Å². The number of hydrogen-bond donors (Lipinski definition) is 1. The number of aryl methyl sites for hydroxylation is 2. The Bertz CT molecular complexity index is 824. The highest BCUT2D eigenvalue weighted by atomic mass is 32.2. The Labute approximate surface area is 146 Å². The van der Waals surface area contributed by atoms with Crippen molar-refractivity contribution in [3.05, 3.63) is 23.8 Å². The van der Waals surface area contributed by atoms with Crippen molar-refractivity contribution >= 4 is 15.8 Å². The minimum atomic E-state index is -3.59. The molecular weight excluding hydrogens is 346 g/mol. The fourth-order valence-corrected chi connectivity index (χ4v) is 4.74. The molecule has 0 bridgehead atoms. The van der Waals surface area contributed by atoms with E-state index in [4.69, 9.17) is 9.26 Å². The highest BCUT2D eigenvalue weighted by Crippen LogP contribution is 2.27. The zero-order valence-corrected chi connectivity index (χ0v) is 15.2. The molecule has 0 saturated carbocycles. The summed E-state index contributed by atoms with van der Waals surface area (Å²) >= 11 is 0. The number of sulfonamides is 1. The fraction of sp³-hybridized carbons (Fsp3) is 0.533. The molecule has 0 aromatic carbocycles. The van der Waals surface area contributed by atoms with E-state index in [-0.39, 0.29) is 10.9 Å². The molecule has 1 aliphatic heterocycles. The number of nitrogens with one attached hydrogen (secondary N) is 1. The maximum atomic E-state index is 12.8. The number of hydrogen-bond acceptors (Lipinski definition) is 8. The number of anilines is 1. The molecule has 0 amide bonds. The number of nitrogens with zero attached hydrogens (tertiary/aromatic N) is 4. The van der Waals surface area contributed by atoms with Gasteiger partial charge >= 0.3 is 0 Å². The summed E-state index contributed by atoms with van der Waals surface area (Å²) in [5.41, 5.74) is 0.391. The average molecular weight is 367 g/mol. The van der Waals surface area contributed by atoms with E-state index < -0.39 is 10.0 Å². The van der Waals surface area contributed by atoms with Crippen LogP contribution in [0, 0.1) is 13.8 Å². The van der Waals surface area contributed by atoms with Gasteiger partial charge in [0.2, 0.25) is 10.0 Å². The Balaban J connectivity index is 1.68. The molecular formula is C15H21N5O4S. The first-order chi connectivity index (χ1) is 11.9. The predicted molar refractivity (Wildman–Crippen MR) is 90.0 cm³/mol. The third-order valence-electron chi connectivity index (χ3n) is 4.22. The summed E-state index contributed by atoms with van der Waals surface area (Å²) < 4.78 is 37.3. The summed E-state index contributed by atoms with van der Waals surface area (Å²) in [5.74, 6) is 1.31. The van der Waals surface area contributed by atoms with Gasteiger partial charge in [-0.3, -0.25) is 0 Å². The fourth-order valence-electron chi connectivity index (χ4n) is 2.98. The van der Waals surface area contributed by atoms with Gasteiger partial charge in [0.1, 0.15) is 10.6 Å². The zero-order valence-electron chi connectivity index (χ0n) is 14.4. The van der Waals surface area contributed by atoms with E-state index in [9.17, 15) is 8.42 Å². The minimum absolute atomic E-state index is 0.0988. The van der Waals surface area contributed by atoms with E-state index in [1.165, 1.54) is 11.4 Å². The molecule has 9 nitrogen and oxygen atoms in total. The smallest absolute Gasteiger partial charge is 0.257 e. The van der Waals surface area contributed by atoms with Crippen LogP contribution in [0.4, 0.5) is 5.82 Å². The molecule has 3 rings (SSSR count). The largest absolute Gasteiger partial charge is 0.478 e. The van der Waals surface area contributed by atoms with Crippen LogP contribution < -0.4 is 10.1 Å². The molecule has 1 fully saturated rings. The van der Waals surface area contributed by atoms with E-state index in [1.54, 1.807) is 26.2 Å². The molecule has 136 valence electrons. The quantitative estimate of drug-likeness (QED) is 0.843. The Morgan fingerprint density at radius 3 is 2.52 bits per heavy atom. The Kier molecular flexibility index (Phi) is 4.91. The van der Waals surface area contributed by atoms with Gasteiger partial charge in [-0.05, 0) is 26.7 Å². The molecule has 1 aliphatic rings. The molecule has 0 spiro atoms. The van der Waals surface area contributed by atoms with Gasteiger partial charge in [0.15, 0.2) is 11.6 Å². The normalized spacial score (nSPS) is 16.8. The third-order valence-corrected chi connectivity index (χ3v) is 6.36. The second-order valence-corrected chi connectivity index (χ2v) is 7.76. The van der Waals surface area contributed by atoms with Crippen molar-refractivity contribution in [1.82, 2.24) is 19.4 Å². The molecule has 2 aromatic heterocycles. The molecule has 1 saturated heterocycles. The first-order valence-electron chi connectivity index (χ1n) is 7.98. The lowest BCUT2D eigenvalue weighted by Gasteiger charge is -2.31. The third kappa shape index (κ3) is 3.45. The summed E-state index contributed by atoms with van der Waals surface area (Å²) in [6.07, 6.45) is 4.45. The van der Waals surface area contributed by atoms with Crippen LogP contribution in [0.15, 0.2) is 21.8 Å². The van der Waals surface area contributed by atoms with Gasteiger partial charge in [-0.15, -0.1) is 0 Å². The van der Waals surface area contributed by atoms with Crippen LogP contribution in [0.1, 0.15) is 24.3 Å². The molecule has 1 N–H and O–H groups in total. The Morgan fingerprint density at radius 2 is 1.92 bits per heavy atom. The summed E-state index contributed by atoms with van der Waals surface area (Å²) in [7, 11) is -2.06. The van der Waals surface area contributed by atoms with Crippen molar-refractivity contribution in [1.29, 1.82) is 0 Å². The van der Waals surface area contributed by atoms with E-state index in [1.807, 2.05) is 0 Å². The SMILES string of the molecule is COc1nccnc1NC1CCN(S(=O)(=O)c2c(C)noc2C)CC1. The van der Waals surface area contributed by atoms with E-state index >= 15 is 0 Å². The summed E-state index contributed by atoms with van der Waals surface area (Å²) in [4.78, 5) is 8.50. The Morgan fingerprint density at radius 1 is 1.24 bits per heavy atom. The summed E-state index contributed by atoms with van der Waals surface area (Å²) in [6, 6.07) is 0.0988. The maximum Gasteiger partial charge on any atom is 0.257 e. The van der Waals surface area contributed by atoms with E-state index in [2.05, 4.69) is 20.4 Å². The van der Waals surface area contributed by atoms with Gasteiger partial charge in [0, 0.05) is 31.5 Å². The topological polar surface area (TPSA) is 110 Å². The van der Waals surface area contributed by atoms with Crippen LogP contribution >= 0.6 is 0 Å². The van der Waals surface area contributed by atoms with Gasteiger partial charge in [0.25, 0.3) is 5.88 Å². The molecule has 10 heteroatoms. The monoisotopic (exact) mass is 367 g/mol. The lowest BCUT2D eigenvalue weighted by molar-refractivity contribution is 0.327. The predicted octanol–water partition coefficient (Wildman–Crippen LogP) is 1.36. The van der Waals surface area contributed by atoms with Gasteiger partial charge < -0.3 is 14.6 Å². The van der Waals surface area contributed by atoms with Gasteiger partial charge in [-0.1, -0.05) is 5.16 Å². The molecule has 0 atom stereocenters. The molecule has 2 aromatic rings. The van der Waals surface area contributed by atoms with Crippen LogP contribution in [0.2, 0.25) is 0 Å². The van der Waals surface area contributed by atoms with Crippen molar-refractivity contribution in [2.45, 2.75) is 37.6 Å². The second-order valence-electron chi connectivity index (χ2n) is 5.89. The van der Waals surface area contributed by atoms with E-state index in [0.717, 1.165) is 0 Å². The summed E-state index contributed by atoms with van der Waals surface area (Å²) in [6.45, 7) is 4.07. The highest BCUT2D eigenvalue weighted by molar-refractivity contribution is 7.89. The minimum Gasteiger partial charge on any atom is -0.478 e. The number of piperidine rings is 1. The van der Waals surface area contributed by atoms with Crippen LogP contribution in [-0.2, 0) is 10.0 Å². The second kappa shape index (κ2) is 6.96. The first kappa shape index (κ1) is 17.6. The lowest BCUT2D eigenvalue weighted by atomic mass is 10.1. The maximum absolute atomic E-state index is 12.8. The Hall–Kier alpha value is -2.20. The first-order valence-corrected chi connectivity index (χ1v) is 9.42. The van der Waals surface area contributed by atoms with Gasteiger partial charge in [-0.25, -0.2) is 18.4 Å². The van der Waals surface area contributed by atoms with Crippen molar-refractivity contribution in [2.24, 2.45) is 0 Å². The molecule has 0 aliphatic carbocycles. The molecule has 0 radical (unpaired) electrons. The van der Waals surface area contributed by atoms with Crippen molar-refractivity contribution in [3.63, 3.8) is 0 Å². The van der Waals surface area contributed by atoms with Crippen molar-refractivity contribution in [3.8, 4) is 5.88 Å². The molecule has 3 heterocycles. The van der Waals surface area contributed by atoms with Crippen LogP contribution in [0.3, 0.4) is 0 Å². The van der Waals surface area contributed by atoms with Crippen LogP contribution in [-0.4, -0.2) is 54.1 Å². The van der Waals surface area contributed by atoms with Gasteiger partial charge in [0.05, 0.1) is 7.11 Å². The number of ether oxygens (including phenoxy) is 1. The van der Waals surface area contributed by atoms with Crippen molar-refractivity contribution in [2.75, 3.05) is 25.5 Å². The van der Waals surface area contributed by atoms with Crippen LogP contribution in [0.25, 0.3) is 0 Å². The number of methoxy groups -OCH3 is 1. The molecule has 25 heavy (non-hydrogen) atoms. The highest BCUT2D eigenvalue weighted by Gasteiger charge is 2.34.